The normalized spacial score (nSPS) is 16.4. The number of likely N-dealkylation sites (tertiary alicyclic amines) is 1. The number of aromatic nitrogens is 1. The van der Waals surface area contributed by atoms with Gasteiger partial charge in [0.2, 0.25) is 0 Å². The van der Waals surface area contributed by atoms with Crippen LogP contribution >= 0.6 is 22.9 Å². The van der Waals surface area contributed by atoms with Gasteiger partial charge in [0.1, 0.15) is 5.75 Å². The fourth-order valence-corrected chi connectivity index (χ4v) is 7.52. The number of rotatable bonds is 4. The van der Waals surface area contributed by atoms with E-state index in [1.807, 2.05) is 36.4 Å². The lowest BCUT2D eigenvalue weighted by atomic mass is 9.72. The maximum Gasteiger partial charge on any atom is 0.325 e. The quantitative estimate of drug-likeness (QED) is 0.222. The van der Waals surface area contributed by atoms with E-state index < -0.39 is 6.03 Å². The number of hydrogen-bond acceptors (Lipinski definition) is 7. The number of phenols is 1. The van der Waals surface area contributed by atoms with Gasteiger partial charge in [-0.3, -0.25) is 5.32 Å². The molecule has 0 atom stereocenters. The first kappa shape index (κ1) is 28.3. The Kier molecular flexibility index (Phi) is 7.26. The average Bonchev–Trinajstić information content (AvgIpc) is 3.49. The highest BCUT2D eigenvalue weighted by Gasteiger charge is 2.48. The van der Waals surface area contributed by atoms with Crippen LogP contribution in [0.5, 0.6) is 5.75 Å². The summed E-state index contributed by atoms with van der Waals surface area (Å²) in [5.74, 6) is 0.130. The van der Waals surface area contributed by atoms with Crippen LogP contribution in [0, 0.1) is 16.7 Å². The molecule has 42 heavy (non-hydrogen) atoms. The molecule has 4 aromatic rings. The summed E-state index contributed by atoms with van der Waals surface area (Å²) < 4.78 is 0.884. The zero-order valence-electron chi connectivity index (χ0n) is 23.9. The molecule has 0 aliphatic carbocycles. The molecule has 216 valence electrons. The van der Waals surface area contributed by atoms with E-state index in [-0.39, 0.29) is 16.6 Å². The van der Waals surface area contributed by atoms with Crippen molar-refractivity contribution in [3.05, 3.63) is 70.7 Å². The molecule has 1 aromatic heterocycles. The van der Waals surface area contributed by atoms with Crippen LogP contribution in [-0.4, -0.2) is 47.2 Å². The number of thiazole rings is 1. The number of fused-ring (bicyclic) bond motifs is 3. The maximum absolute atomic E-state index is 13.2. The van der Waals surface area contributed by atoms with Gasteiger partial charge in [-0.25, -0.2) is 9.78 Å². The van der Waals surface area contributed by atoms with Gasteiger partial charge in [-0.1, -0.05) is 55.8 Å². The van der Waals surface area contributed by atoms with Crippen LogP contribution in [0.4, 0.5) is 27.0 Å². The van der Waals surface area contributed by atoms with Gasteiger partial charge >= 0.3 is 6.03 Å². The summed E-state index contributed by atoms with van der Waals surface area (Å²) in [6.07, 6.45) is 1.75. The molecule has 0 bridgehead atoms. The molecule has 3 N–H and O–H groups in total. The van der Waals surface area contributed by atoms with E-state index >= 15 is 0 Å². The molecule has 2 aliphatic heterocycles. The second-order valence-corrected chi connectivity index (χ2v) is 13.9. The van der Waals surface area contributed by atoms with Crippen molar-refractivity contribution < 1.29 is 9.90 Å². The Morgan fingerprint density at radius 1 is 1.14 bits per heavy atom. The third-order valence-corrected chi connectivity index (χ3v) is 9.23. The highest BCUT2D eigenvalue weighted by Crippen LogP contribution is 2.55. The number of phenolic OH excluding ortho intramolecular Hbond substituents is 1. The van der Waals surface area contributed by atoms with Gasteiger partial charge in [-0.2, -0.15) is 5.26 Å². The Morgan fingerprint density at radius 2 is 1.90 bits per heavy atom. The number of halogens is 1. The Balaban J connectivity index is 1.30. The van der Waals surface area contributed by atoms with Gasteiger partial charge in [0.15, 0.2) is 5.13 Å². The first-order valence-electron chi connectivity index (χ1n) is 14.0. The van der Waals surface area contributed by atoms with Crippen LogP contribution in [-0.2, 0) is 5.41 Å². The predicted octanol–water partition coefficient (Wildman–Crippen LogP) is 7.70. The molecule has 1 saturated heterocycles. The summed E-state index contributed by atoms with van der Waals surface area (Å²) in [6.45, 7) is 10.2. The highest BCUT2D eigenvalue weighted by molar-refractivity contribution is 7.22. The summed E-state index contributed by atoms with van der Waals surface area (Å²) in [4.78, 5) is 22.2. The molecule has 3 heterocycles. The van der Waals surface area contributed by atoms with Crippen molar-refractivity contribution in [2.75, 3.05) is 41.7 Å². The molecule has 0 unspecified atom stereocenters. The molecule has 1 spiro atoms. The van der Waals surface area contributed by atoms with Gasteiger partial charge in [0.25, 0.3) is 0 Å². The average molecular weight is 601 g/mol. The number of carbonyl (C=O) groups excluding carboxylic acids is 1. The number of hydrogen-bond donors (Lipinski definition) is 3. The number of nitrogens with one attached hydrogen (secondary N) is 2. The number of urea groups is 1. The fraction of sp³-hybridized carbons (Fsp3) is 0.344. The number of anilines is 4. The summed E-state index contributed by atoms with van der Waals surface area (Å²) >= 11 is 7.46. The monoisotopic (exact) mass is 600 g/mol. The van der Waals surface area contributed by atoms with Crippen LogP contribution < -0.4 is 15.5 Å². The van der Waals surface area contributed by atoms with E-state index in [1.54, 1.807) is 18.2 Å². The van der Waals surface area contributed by atoms with Crippen molar-refractivity contribution in [3.63, 3.8) is 0 Å². The van der Waals surface area contributed by atoms with E-state index in [4.69, 9.17) is 11.6 Å². The Labute approximate surface area is 254 Å². The number of amides is 2. The summed E-state index contributed by atoms with van der Waals surface area (Å²) in [6, 6.07) is 18.3. The summed E-state index contributed by atoms with van der Waals surface area (Å²) in [5.41, 5.74) is 4.17. The zero-order valence-corrected chi connectivity index (χ0v) is 25.4. The molecule has 0 radical (unpaired) electrons. The second-order valence-electron chi connectivity index (χ2n) is 12.4. The van der Waals surface area contributed by atoms with Crippen molar-refractivity contribution in [1.82, 2.24) is 9.88 Å². The van der Waals surface area contributed by atoms with Crippen LogP contribution in [0.15, 0.2) is 54.6 Å². The minimum absolute atomic E-state index is 0.130. The maximum atomic E-state index is 13.2. The third kappa shape index (κ3) is 5.38. The van der Waals surface area contributed by atoms with Crippen molar-refractivity contribution >= 4 is 61.4 Å². The largest absolute Gasteiger partial charge is 0.506 e. The predicted molar refractivity (Wildman–Crippen MR) is 170 cm³/mol. The van der Waals surface area contributed by atoms with Crippen molar-refractivity contribution in [3.8, 4) is 11.8 Å². The highest BCUT2D eigenvalue weighted by atomic mass is 35.5. The van der Waals surface area contributed by atoms with Crippen LogP contribution in [0.1, 0.15) is 44.7 Å². The van der Waals surface area contributed by atoms with Crippen LogP contribution in [0.3, 0.4) is 0 Å². The van der Waals surface area contributed by atoms with E-state index in [1.165, 1.54) is 11.3 Å². The zero-order chi connectivity index (χ0) is 29.6. The SMILES string of the molecule is CC(C)(C)CN1CCC2(CC1)CN(c1ccccc1NC(=O)Nc1nc3ccc(Cl)cc3s1)c1c(O)ccc(C#N)c12. The minimum atomic E-state index is -0.424. The third-order valence-electron chi connectivity index (χ3n) is 8.06. The molecule has 10 heteroatoms. The Hall–Kier alpha value is -3.84. The number of benzene rings is 3. The first-order chi connectivity index (χ1) is 20.0. The lowest BCUT2D eigenvalue weighted by molar-refractivity contribution is 0.125. The van der Waals surface area contributed by atoms with E-state index in [9.17, 15) is 15.2 Å². The Bertz CT molecular complexity index is 1710. The number of piperidine rings is 1. The number of nitriles is 1. The van der Waals surface area contributed by atoms with E-state index in [0.29, 0.717) is 33.6 Å². The molecule has 0 saturated carbocycles. The lowest BCUT2D eigenvalue weighted by Gasteiger charge is -2.42. The van der Waals surface area contributed by atoms with E-state index in [0.717, 1.165) is 53.9 Å². The minimum Gasteiger partial charge on any atom is -0.506 e. The van der Waals surface area contributed by atoms with Crippen molar-refractivity contribution in [1.29, 1.82) is 5.26 Å². The van der Waals surface area contributed by atoms with Gasteiger partial charge in [-0.15, -0.1) is 0 Å². The van der Waals surface area contributed by atoms with Gasteiger partial charge in [0, 0.05) is 29.1 Å². The molecule has 3 aromatic carbocycles. The standard InChI is InChI=1S/C32H33ClN6O2S/c1-31(2,3)18-38-14-12-32(13-15-38)19-39(28-25(40)11-8-20(17-34)27(28)32)24-7-5-4-6-22(24)35-29(41)37-30-36-23-10-9-21(33)16-26(23)42-30/h4-11,16,40H,12-15,18-19H2,1-3H3,(H2,35,36,37,41). The number of aromatic hydroxyl groups is 1. The molecular weight excluding hydrogens is 568 g/mol. The van der Waals surface area contributed by atoms with Gasteiger partial charge < -0.3 is 20.2 Å². The summed E-state index contributed by atoms with van der Waals surface area (Å²) in [7, 11) is 0. The Morgan fingerprint density at radius 3 is 2.64 bits per heavy atom. The van der Waals surface area contributed by atoms with Crippen LogP contribution in [0.2, 0.25) is 5.02 Å². The molecular formula is C32H33ClN6O2S. The van der Waals surface area contributed by atoms with E-state index in [2.05, 4.69) is 52.3 Å². The number of para-hydroxylation sites is 2. The summed E-state index contributed by atoms with van der Waals surface area (Å²) in [5, 5.41) is 28.2. The molecule has 8 nitrogen and oxygen atoms in total. The lowest BCUT2D eigenvalue weighted by Crippen LogP contribution is -2.47. The fourth-order valence-electron chi connectivity index (χ4n) is 6.39. The van der Waals surface area contributed by atoms with Crippen molar-refractivity contribution in [2.45, 2.75) is 39.0 Å². The molecule has 2 aliphatic rings. The molecule has 1 fully saturated rings. The van der Waals surface area contributed by atoms with Gasteiger partial charge in [0.05, 0.1) is 38.9 Å². The second kappa shape index (κ2) is 10.8. The first-order valence-corrected chi connectivity index (χ1v) is 15.2. The molecule has 2 amide bonds. The molecule has 6 rings (SSSR count). The number of carbonyl (C=O) groups is 1. The topological polar surface area (TPSA) is 105 Å². The van der Waals surface area contributed by atoms with Gasteiger partial charge in [-0.05, 0) is 73.8 Å². The number of nitrogens with zero attached hydrogens (tertiary/aromatic N) is 4. The smallest absolute Gasteiger partial charge is 0.325 e. The van der Waals surface area contributed by atoms with Crippen LogP contribution in [0.25, 0.3) is 10.2 Å². The van der Waals surface area contributed by atoms with Crippen molar-refractivity contribution in [2.24, 2.45) is 5.41 Å².